The minimum Gasteiger partial charge on any atom is -0.390 e. The molecule has 0 radical (unpaired) electrons. The molecule has 8 heteroatoms. The molecule has 1 atom stereocenters. The number of piperazine rings is 1. The average molecular weight is 472 g/mol. The lowest BCUT2D eigenvalue weighted by Crippen LogP contribution is -2.50. The van der Waals surface area contributed by atoms with E-state index in [0.717, 1.165) is 37.3 Å². The van der Waals surface area contributed by atoms with Gasteiger partial charge in [0.25, 0.3) is 0 Å². The van der Waals surface area contributed by atoms with Crippen LogP contribution in [0.15, 0.2) is 78.3 Å². The zero-order valence-electron chi connectivity index (χ0n) is 20.2. The molecule has 3 heterocycles. The van der Waals surface area contributed by atoms with Crippen LogP contribution < -0.4 is 5.49 Å². The number of aliphatic hydroxyl groups is 1. The number of rotatable bonds is 8. The second-order valence-corrected chi connectivity index (χ2v) is 9.01. The summed E-state index contributed by atoms with van der Waals surface area (Å²) in [4.78, 5) is 21.3. The molecule has 8 nitrogen and oxygen atoms in total. The highest BCUT2D eigenvalue weighted by molar-refractivity contribution is 5.68. The van der Waals surface area contributed by atoms with Crippen molar-refractivity contribution >= 4 is 11.2 Å². The van der Waals surface area contributed by atoms with Crippen molar-refractivity contribution in [2.45, 2.75) is 25.6 Å². The zero-order valence-corrected chi connectivity index (χ0v) is 20.2. The van der Waals surface area contributed by atoms with E-state index in [1.54, 1.807) is 12.7 Å². The summed E-state index contributed by atoms with van der Waals surface area (Å²) >= 11 is 0. The molecule has 2 aromatic carbocycles. The van der Waals surface area contributed by atoms with E-state index < -0.39 is 6.10 Å². The molecule has 0 saturated carbocycles. The standard InChI is InChI=1S/C27H33N7O/c1-2-28-26-24-27(30-19-29-24)34(20-31-26)18-23(35)17-32-13-15-33(16-14-32)25(21-9-5-3-6-10-21)22-11-7-4-8-12-22/h3-12,19-20,23,25,35H,2,13-18H2,1H3,(H,29,30). The van der Waals surface area contributed by atoms with Crippen LogP contribution in [0.1, 0.15) is 24.1 Å². The van der Waals surface area contributed by atoms with Crippen molar-refractivity contribution < 1.29 is 5.11 Å². The van der Waals surface area contributed by atoms with Crippen LogP contribution >= 0.6 is 0 Å². The zero-order chi connectivity index (χ0) is 24.0. The number of β-amino-alcohol motifs (C(OH)–C–C–N with tert-alkyl or cyclic N) is 1. The summed E-state index contributed by atoms with van der Waals surface area (Å²) in [7, 11) is 0. The molecule has 2 N–H and O–H groups in total. The lowest BCUT2D eigenvalue weighted by molar-refractivity contribution is 0.0558. The molecule has 0 bridgehead atoms. The molecule has 0 aliphatic carbocycles. The van der Waals surface area contributed by atoms with Crippen molar-refractivity contribution in [1.82, 2.24) is 29.3 Å². The minimum absolute atomic E-state index is 0.242. The van der Waals surface area contributed by atoms with E-state index in [1.165, 1.54) is 11.1 Å². The molecule has 1 fully saturated rings. The van der Waals surface area contributed by atoms with Crippen LogP contribution in [-0.2, 0) is 6.54 Å². The fraction of sp³-hybridized carbons (Fsp3) is 0.370. The van der Waals surface area contributed by atoms with Crippen molar-refractivity contribution in [3.63, 3.8) is 0 Å². The highest BCUT2D eigenvalue weighted by atomic mass is 16.3. The molecule has 182 valence electrons. The topological polar surface area (TPSA) is 85.6 Å². The molecule has 4 aromatic rings. The highest BCUT2D eigenvalue weighted by Gasteiger charge is 2.27. The maximum absolute atomic E-state index is 10.9. The molecule has 35 heavy (non-hydrogen) atoms. The molecular formula is C27H33N7O. The maximum atomic E-state index is 10.9. The van der Waals surface area contributed by atoms with Gasteiger partial charge in [-0.1, -0.05) is 60.7 Å². The fourth-order valence-electron chi connectivity index (χ4n) is 4.99. The third kappa shape index (κ3) is 5.35. The normalized spacial score (nSPS) is 16.8. The number of aliphatic hydroxyl groups excluding tert-OH is 1. The molecule has 1 unspecified atom stereocenters. The summed E-state index contributed by atoms with van der Waals surface area (Å²) in [6.07, 6.45) is 2.86. The minimum atomic E-state index is -0.513. The quantitative estimate of drug-likeness (QED) is 0.412. The van der Waals surface area contributed by atoms with E-state index in [0.29, 0.717) is 25.1 Å². The Kier molecular flexibility index (Phi) is 7.32. The number of fused-ring (bicyclic) bond motifs is 1. The predicted molar refractivity (Wildman–Crippen MR) is 137 cm³/mol. The van der Waals surface area contributed by atoms with Crippen LogP contribution in [0.2, 0.25) is 0 Å². The number of benzene rings is 2. The van der Waals surface area contributed by atoms with Gasteiger partial charge in [-0.05, 0) is 18.1 Å². The Balaban J connectivity index is 1.23. The summed E-state index contributed by atoms with van der Waals surface area (Å²) in [6, 6.07) is 21.7. The van der Waals surface area contributed by atoms with Gasteiger partial charge in [-0.25, -0.2) is 9.97 Å². The van der Waals surface area contributed by atoms with Crippen molar-refractivity contribution in [2.24, 2.45) is 4.99 Å². The number of imidazole rings is 1. The first-order valence-corrected chi connectivity index (χ1v) is 12.4. The Morgan fingerprint density at radius 2 is 1.57 bits per heavy atom. The van der Waals surface area contributed by atoms with Gasteiger partial charge in [-0.3, -0.25) is 14.8 Å². The van der Waals surface area contributed by atoms with Gasteiger partial charge in [0.05, 0.1) is 31.3 Å². The SMILES string of the molecule is CCN=c1ncn(CC(O)CN2CCN(C(c3ccccc3)c3ccccc3)CC2)c2nc[nH]c12. The number of aromatic nitrogens is 4. The molecule has 1 aliphatic heterocycles. The Morgan fingerprint density at radius 1 is 0.914 bits per heavy atom. The van der Waals surface area contributed by atoms with Gasteiger partial charge in [-0.2, -0.15) is 0 Å². The Bertz CT molecular complexity index is 1240. The number of hydrogen-bond acceptors (Lipinski definition) is 6. The highest BCUT2D eigenvalue weighted by Crippen LogP contribution is 2.29. The third-order valence-electron chi connectivity index (χ3n) is 6.62. The first-order chi connectivity index (χ1) is 17.2. The monoisotopic (exact) mass is 471 g/mol. The van der Waals surface area contributed by atoms with E-state index in [-0.39, 0.29) is 6.04 Å². The molecule has 2 aromatic heterocycles. The van der Waals surface area contributed by atoms with E-state index >= 15 is 0 Å². The van der Waals surface area contributed by atoms with Gasteiger partial charge in [-0.15, -0.1) is 0 Å². The first-order valence-electron chi connectivity index (χ1n) is 12.4. The van der Waals surface area contributed by atoms with Crippen LogP contribution in [0.25, 0.3) is 11.2 Å². The van der Waals surface area contributed by atoms with Gasteiger partial charge in [0.1, 0.15) is 5.52 Å². The van der Waals surface area contributed by atoms with E-state index in [2.05, 4.69) is 90.4 Å². The number of nitrogens with zero attached hydrogens (tertiary/aromatic N) is 6. The first kappa shape index (κ1) is 23.4. The molecular weight excluding hydrogens is 438 g/mol. The van der Waals surface area contributed by atoms with Gasteiger partial charge < -0.3 is 14.7 Å². The number of hydrogen-bond donors (Lipinski definition) is 2. The second-order valence-electron chi connectivity index (χ2n) is 9.01. The van der Waals surface area contributed by atoms with Gasteiger partial charge in [0, 0.05) is 39.3 Å². The molecule has 0 spiro atoms. The van der Waals surface area contributed by atoms with Gasteiger partial charge in [0.15, 0.2) is 11.1 Å². The van der Waals surface area contributed by atoms with Crippen molar-refractivity contribution in [1.29, 1.82) is 0 Å². The largest absolute Gasteiger partial charge is 0.390 e. The second kappa shape index (κ2) is 10.9. The van der Waals surface area contributed by atoms with Crippen molar-refractivity contribution in [3.8, 4) is 0 Å². The summed E-state index contributed by atoms with van der Waals surface area (Å²) in [6.45, 7) is 7.45. The van der Waals surface area contributed by atoms with Crippen LogP contribution in [0.3, 0.4) is 0 Å². The smallest absolute Gasteiger partial charge is 0.176 e. The summed E-state index contributed by atoms with van der Waals surface area (Å²) in [5.74, 6) is 0. The number of nitrogens with one attached hydrogen (secondary N) is 1. The average Bonchev–Trinajstić information content (AvgIpc) is 3.39. The summed E-state index contributed by atoms with van der Waals surface area (Å²) in [5.41, 5.74) is 4.87. The van der Waals surface area contributed by atoms with Crippen LogP contribution in [0.4, 0.5) is 0 Å². The number of aromatic amines is 1. The van der Waals surface area contributed by atoms with E-state index in [1.807, 2.05) is 11.5 Å². The summed E-state index contributed by atoms with van der Waals surface area (Å²) < 4.78 is 1.91. The van der Waals surface area contributed by atoms with Crippen LogP contribution in [0, 0.1) is 0 Å². The molecule has 0 amide bonds. The predicted octanol–water partition coefficient (Wildman–Crippen LogP) is 2.45. The fourth-order valence-corrected chi connectivity index (χ4v) is 4.99. The lowest BCUT2D eigenvalue weighted by Gasteiger charge is -2.40. The van der Waals surface area contributed by atoms with E-state index in [9.17, 15) is 5.11 Å². The van der Waals surface area contributed by atoms with E-state index in [4.69, 9.17) is 0 Å². The molecule has 1 aliphatic rings. The maximum Gasteiger partial charge on any atom is 0.176 e. The molecule has 1 saturated heterocycles. The number of H-pyrrole nitrogens is 1. The Hall–Kier alpha value is -3.33. The van der Waals surface area contributed by atoms with Crippen LogP contribution in [0.5, 0.6) is 0 Å². The summed E-state index contributed by atoms with van der Waals surface area (Å²) in [5, 5.41) is 10.9. The van der Waals surface area contributed by atoms with Crippen LogP contribution in [-0.4, -0.2) is 79.8 Å². The Labute approximate surface area is 205 Å². The van der Waals surface area contributed by atoms with Crippen molar-refractivity contribution in [2.75, 3.05) is 39.3 Å². The molecule has 5 rings (SSSR count). The Morgan fingerprint density at radius 3 is 2.20 bits per heavy atom. The van der Waals surface area contributed by atoms with Gasteiger partial charge in [0.2, 0.25) is 0 Å². The van der Waals surface area contributed by atoms with Crippen molar-refractivity contribution in [3.05, 3.63) is 89.9 Å². The third-order valence-corrected chi connectivity index (χ3v) is 6.62. The lowest BCUT2D eigenvalue weighted by atomic mass is 9.96. The van der Waals surface area contributed by atoms with Gasteiger partial charge >= 0.3 is 0 Å².